The zero-order valence-corrected chi connectivity index (χ0v) is 17.1. The number of rotatable bonds is 7. The van der Waals surface area contributed by atoms with Crippen molar-refractivity contribution in [2.45, 2.75) is 19.6 Å². The van der Waals surface area contributed by atoms with Crippen molar-refractivity contribution in [1.82, 2.24) is 0 Å². The molecule has 28 heavy (non-hydrogen) atoms. The molecule has 150 valence electrons. The van der Waals surface area contributed by atoms with E-state index < -0.39 is 0 Å². The Labute approximate surface area is 166 Å². The van der Waals surface area contributed by atoms with Crippen LogP contribution in [0.25, 0.3) is 0 Å². The van der Waals surface area contributed by atoms with Crippen molar-refractivity contribution in [3.63, 3.8) is 0 Å². The number of ether oxygens (including phenoxy) is 4. The van der Waals surface area contributed by atoms with Gasteiger partial charge in [-0.05, 0) is 55.0 Å². The zero-order valence-electron chi connectivity index (χ0n) is 17.1. The molecule has 0 amide bonds. The maximum atomic E-state index is 5.88. The average Bonchev–Trinajstić information content (AvgIpc) is 2.77. The summed E-state index contributed by atoms with van der Waals surface area (Å²) < 4.78 is 22.3. The Morgan fingerprint density at radius 1 is 0.786 bits per heavy atom. The Bertz CT molecular complexity index is 802. The van der Waals surface area contributed by atoms with Crippen molar-refractivity contribution in [2.24, 2.45) is 0 Å². The first-order valence-corrected chi connectivity index (χ1v) is 9.28. The molecule has 6 nitrogen and oxygen atoms in total. The van der Waals surface area contributed by atoms with E-state index in [1.807, 2.05) is 48.5 Å². The Morgan fingerprint density at radius 2 is 1.32 bits per heavy atom. The van der Waals surface area contributed by atoms with Crippen LogP contribution in [0.2, 0.25) is 0 Å². The molecule has 0 saturated carbocycles. The van der Waals surface area contributed by atoms with Crippen molar-refractivity contribution >= 4 is 11.4 Å². The summed E-state index contributed by atoms with van der Waals surface area (Å²) in [5.74, 6) is 2.47. The molecular formula is C22H28N2O4. The van der Waals surface area contributed by atoms with Gasteiger partial charge in [0.05, 0.1) is 21.3 Å². The van der Waals surface area contributed by atoms with E-state index in [1.54, 1.807) is 28.4 Å². The minimum atomic E-state index is -0.206. The summed E-state index contributed by atoms with van der Waals surface area (Å²) in [6.45, 7) is 2.70. The molecule has 0 saturated heterocycles. The van der Waals surface area contributed by atoms with Gasteiger partial charge in [0.1, 0.15) is 18.2 Å². The molecule has 1 atom stereocenters. The molecule has 1 aliphatic heterocycles. The van der Waals surface area contributed by atoms with E-state index in [9.17, 15) is 0 Å². The molecule has 1 heterocycles. The van der Waals surface area contributed by atoms with E-state index in [-0.39, 0.29) is 6.23 Å². The predicted molar refractivity (Wildman–Crippen MR) is 111 cm³/mol. The monoisotopic (exact) mass is 384 g/mol. The van der Waals surface area contributed by atoms with Gasteiger partial charge in [-0.2, -0.15) is 0 Å². The molecular weight excluding hydrogens is 356 g/mol. The normalized spacial score (nSPS) is 17.0. The van der Waals surface area contributed by atoms with Gasteiger partial charge in [0.25, 0.3) is 0 Å². The summed E-state index contributed by atoms with van der Waals surface area (Å²) in [6.07, 6.45) is 0.601. The fourth-order valence-electron chi connectivity index (χ4n) is 3.55. The predicted octanol–water partition coefficient (Wildman–Crippen LogP) is 4.23. The van der Waals surface area contributed by atoms with E-state index in [2.05, 4.69) is 16.7 Å². The van der Waals surface area contributed by atoms with Gasteiger partial charge in [-0.25, -0.2) is 0 Å². The number of hydrogen-bond donors (Lipinski definition) is 0. The molecule has 2 aromatic carbocycles. The minimum Gasteiger partial charge on any atom is -0.497 e. The molecule has 0 spiro atoms. The van der Waals surface area contributed by atoms with Gasteiger partial charge in [0.2, 0.25) is 0 Å². The smallest absolute Gasteiger partial charge is 0.198 e. The van der Waals surface area contributed by atoms with Crippen LogP contribution < -0.4 is 19.3 Å². The summed E-state index contributed by atoms with van der Waals surface area (Å²) in [4.78, 5) is 4.36. The van der Waals surface area contributed by atoms with Gasteiger partial charge in [-0.15, -0.1) is 0 Å². The second kappa shape index (κ2) is 8.89. The van der Waals surface area contributed by atoms with E-state index in [0.717, 1.165) is 40.8 Å². The highest BCUT2D eigenvalue weighted by Crippen LogP contribution is 2.35. The number of benzene rings is 2. The van der Waals surface area contributed by atoms with E-state index in [1.165, 1.54) is 0 Å². The van der Waals surface area contributed by atoms with Crippen molar-refractivity contribution in [3.05, 3.63) is 60.0 Å². The van der Waals surface area contributed by atoms with Gasteiger partial charge < -0.3 is 23.8 Å². The number of nitrogens with zero attached hydrogens (tertiary/aromatic N) is 2. The Kier molecular flexibility index (Phi) is 6.31. The van der Waals surface area contributed by atoms with Crippen LogP contribution in [-0.2, 0) is 9.47 Å². The van der Waals surface area contributed by atoms with Crippen LogP contribution in [-0.4, -0.2) is 41.3 Å². The SMILES string of the molecule is CCC1=C(OC)N(c2ccc(OC)cc2)CN(c2ccc(OC)cc2)C1OC. The van der Waals surface area contributed by atoms with Gasteiger partial charge in [-0.1, -0.05) is 6.92 Å². The maximum absolute atomic E-state index is 5.88. The van der Waals surface area contributed by atoms with Crippen LogP contribution in [0.5, 0.6) is 11.5 Å². The van der Waals surface area contributed by atoms with Crippen molar-refractivity contribution in [2.75, 3.05) is 44.9 Å². The molecule has 1 unspecified atom stereocenters. The molecule has 0 aliphatic carbocycles. The highest BCUT2D eigenvalue weighted by atomic mass is 16.5. The summed E-state index contributed by atoms with van der Waals surface area (Å²) in [5, 5.41) is 0. The molecule has 0 fully saturated rings. The van der Waals surface area contributed by atoms with Gasteiger partial charge >= 0.3 is 0 Å². The van der Waals surface area contributed by atoms with Crippen molar-refractivity contribution in [3.8, 4) is 11.5 Å². The van der Waals surface area contributed by atoms with E-state index in [4.69, 9.17) is 18.9 Å². The van der Waals surface area contributed by atoms with Crippen LogP contribution in [0.3, 0.4) is 0 Å². The Morgan fingerprint density at radius 3 is 1.75 bits per heavy atom. The fourth-order valence-corrected chi connectivity index (χ4v) is 3.55. The molecule has 0 radical (unpaired) electrons. The molecule has 0 aromatic heterocycles. The van der Waals surface area contributed by atoms with E-state index in [0.29, 0.717) is 6.67 Å². The quantitative estimate of drug-likeness (QED) is 0.712. The first kappa shape index (κ1) is 19.9. The second-order valence-corrected chi connectivity index (χ2v) is 6.41. The van der Waals surface area contributed by atoms with E-state index >= 15 is 0 Å². The van der Waals surface area contributed by atoms with Gasteiger partial charge in [0, 0.05) is 24.1 Å². The number of anilines is 2. The topological polar surface area (TPSA) is 43.4 Å². The molecule has 6 heteroatoms. The lowest BCUT2D eigenvalue weighted by molar-refractivity contribution is 0.108. The summed E-state index contributed by atoms with van der Waals surface area (Å²) in [6, 6.07) is 16.0. The molecule has 0 bridgehead atoms. The molecule has 2 aromatic rings. The van der Waals surface area contributed by atoms with Crippen LogP contribution in [0.1, 0.15) is 13.3 Å². The molecule has 0 N–H and O–H groups in total. The number of methoxy groups -OCH3 is 4. The largest absolute Gasteiger partial charge is 0.497 e. The standard InChI is InChI=1S/C22H28N2O4/c1-6-20-21(27-4)23(16-7-11-18(25-2)12-8-16)15-24(22(20)28-5)17-9-13-19(26-3)14-10-17/h7-14,21H,6,15H2,1-5H3. The second-order valence-electron chi connectivity index (χ2n) is 6.41. The lowest BCUT2D eigenvalue weighted by atomic mass is 10.1. The molecule has 1 aliphatic rings. The first-order chi connectivity index (χ1) is 13.7. The summed E-state index contributed by atoms with van der Waals surface area (Å²) >= 11 is 0. The lowest BCUT2D eigenvalue weighted by Crippen LogP contribution is -2.51. The van der Waals surface area contributed by atoms with Crippen molar-refractivity contribution in [1.29, 1.82) is 0 Å². The van der Waals surface area contributed by atoms with Gasteiger partial charge in [0.15, 0.2) is 12.1 Å². The Hall–Kier alpha value is -2.86. The van der Waals surface area contributed by atoms with Crippen molar-refractivity contribution < 1.29 is 18.9 Å². The van der Waals surface area contributed by atoms with Crippen LogP contribution in [0.15, 0.2) is 60.0 Å². The average molecular weight is 384 g/mol. The third-order valence-electron chi connectivity index (χ3n) is 4.98. The third-order valence-corrected chi connectivity index (χ3v) is 4.98. The van der Waals surface area contributed by atoms with Crippen LogP contribution >= 0.6 is 0 Å². The molecule has 3 rings (SSSR count). The highest BCUT2D eigenvalue weighted by Gasteiger charge is 2.35. The van der Waals surface area contributed by atoms with Crippen LogP contribution in [0, 0.1) is 0 Å². The summed E-state index contributed by atoms with van der Waals surface area (Å²) in [7, 11) is 6.77. The maximum Gasteiger partial charge on any atom is 0.198 e. The van der Waals surface area contributed by atoms with Crippen LogP contribution in [0.4, 0.5) is 11.4 Å². The number of hydrogen-bond acceptors (Lipinski definition) is 6. The third kappa shape index (κ3) is 3.73. The first-order valence-electron chi connectivity index (χ1n) is 9.28. The minimum absolute atomic E-state index is 0.206. The van der Waals surface area contributed by atoms with Gasteiger partial charge in [-0.3, -0.25) is 4.90 Å². The highest BCUT2D eigenvalue weighted by molar-refractivity contribution is 5.60. The lowest BCUT2D eigenvalue weighted by Gasteiger charge is -2.44. The fraction of sp³-hybridized carbons (Fsp3) is 0.364. The summed E-state index contributed by atoms with van der Waals surface area (Å²) in [5.41, 5.74) is 3.16. The Balaban J connectivity index is 2.05. The zero-order chi connectivity index (χ0) is 20.1.